The number of hydrogen-bond acceptors (Lipinski definition) is 2. The van der Waals surface area contributed by atoms with E-state index in [0.717, 1.165) is 12.1 Å². The first-order valence-corrected chi connectivity index (χ1v) is 6.90. The van der Waals surface area contributed by atoms with Crippen LogP contribution < -0.4 is 10.2 Å². The van der Waals surface area contributed by atoms with Gasteiger partial charge in [-0.15, -0.1) is 0 Å². The monoisotopic (exact) mass is 290 g/mol. The Kier molecular flexibility index (Phi) is 5.28. The lowest BCUT2D eigenvalue weighted by Gasteiger charge is -2.13. The van der Waals surface area contributed by atoms with Gasteiger partial charge >= 0.3 is 0 Å². The average Bonchev–Trinajstić information content (AvgIpc) is 2.48. The molecule has 4 heteroatoms. The second kappa shape index (κ2) is 7.18. The molecule has 0 unspecified atom stereocenters. The van der Waals surface area contributed by atoms with Gasteiger partial charge in [-0.25, -0.2) is 8.78 Å². The van der Waals surface area contributed by atoms with Crippen LogP contribution in [-0.4, -0.2) is 14.1 Å². The molecule has 0 heterocycles. The van der Waals surface area contributed by atoms with Crippen LogP contribution in [0.5, 0.6) is 0 Å². The molecule has 0 radical (unpaired) electrons. The lowest BCUT2D eigenvalue weighted by atomic mass is 10.1. The molecule has 21 heavy (non-hydrogen) atoms. The molecule has 2 nitrogen and oxygen atoms in total. The van der Waals surface area contributed by atoms with Crippen LogP contribution in [-0.2, 0) is 13.1 Å². The first-order chi connectivity index (χ1) is 10.1. The van der Waals surface area contributed by atoms with Crippen molar-refractivity contribution in [3.05, 3.63) is 65.2 Å². The summed E-state index contributed by atoms with van der Waals surface area (Å²) in [4.78, 5) is 2.06. The molecule has 2 aromatic rings. The van der Waals surface area contributed by atoms with E-state index in [9.17, 15) is 8.78 Å². The highest BCUT2D eigenvalue weighted by Gasteiger charge is 2.05. The third-order valence-electron chi connectivity index (χ3n) is 3.34. The average molecular weight is 290 g/mol. The van der Waals surface area contributed by atoms with Crippen LogP contribution >= 0.6 is 0 Å². The minimum absolute atomic E-state index is 0.0676. The fourth-order valence-electron chi connectivity index (χ4n) is 2.04. The van der Waals surface area contributed by atoms with E-state index >= 15 is 0 Å². The van der Waals surface area contributed by atoms with Crippen LogP contribution in [0.3, 0.4) is 0 Å². The van der Waals surface area contributed by atoms with Crippen molar-refractivity contribution >= 4 is 5.69 Å². The lowest BCUT2D eigenvalue weighted by molar-refractivity contribution is 0.151. The topological polar surface area (TPSA) is 15.3 Å². The number of anilines is 1. The quantitative estimate of drug-likeness (QED) is 0.865. The molecule has 0 amide bonds. The Labute approximate surface area is 124 Å². The van der Waals surface area contributed by atoms with E-state index in [1.54, 1.807) is 12.1 Å². The molecule has 0 spiro atoms. The highest BCUT2D eigenvalue weighted by atomic mass is 19.3. The van der Waals surface area contributed by atoms with E-state index in [4.69, 9.17) is 0 Å². The van der Waals surface area contributed by atoms with Gasteiger partial charge in [0.25, 0.3) is 6.43 Å². The van der Waals surface area contributed by atoms with Gasteiger partial charge in [-0.2, -0.15) is 0 Å². The number of alkyl halides is 2. The van der Waals surface area contributed by atoms with Crippen molar-refractivity contribution in [2.24, 2.45) is 0 Å². The van der Waals surface area contributed by atoms with Gasteiger partial charge in [-0.3, -0.25) is 0 Å². The Hall–Kier alpha value is -1.94. The SMILES string of the molecule is CN(C)c1ccc(CNCc2ccc(C(F)F)cc2)cc1. The van der Waals surface area contributed by atoms with Crippen molar-refractivity contribution in [1.82, 2.24) is 5.32 Å². The summed E-state index contributed by atoms with van der Waals surface area (Å²) < 4.78 is 24.9. The minimum atomic E-state index is -2.40. The first-order valence-electron chi connectivity index (χ1n) is 6.90. The van der Waals surface area contributed by atoms with Crippen LogP contribution in [0, 0.1) is 0 Å². The molecule has 0 aliphatic heterocycles. The van der Waals surface area contributed by atoms with E-state index in [-0.39, 0.29) is 5.56 Å². The van der Waals surface area contributed by atoms with Crippen molar-refractivity contribution in [3.8, 4) is 0 Å². The summed E-state index contributed by atoms with van der Waals surface area (Å²) in [5, 5.41) is 3.31. The molecule has 1 N–H and O–H groups in total. The Morgan fingerprint density at radius 2 is 1.33 bits per heavy atom. The predicted molar refractivity (Wildman–Crippen MR) is 82.7 cm³/mol. The number of halogens is 2. The Morgan fingerprint density at radius 1 is 0.857 bits per heavy atom. The van der Waals surface area contributed by atoms with Gasteiger partial charge in [-0.05, 0) is 23.3 Å². The van der Waals surface area contributed by atoms with Gasteiger partial charge < -0.3 is 10.2 Å². The highest BCUT2D eigenvalue weighted by molar-refractivity contribution is 5.45. The van der Waals surface area contributed by atoms with Crippen LogP contribution in [0.1, 0.15) is 23.1 Å². The fourth-order valence-corrected chi connectivity index (χ4v) is 2.04. The number of benzene rings is 2. The smallest absolute Gasteiger partial charge is 0.263 e. The molecule has 0 aromatic heterocycles. The summed E-state index contributed by atoms with van der Waals surface area (Å²) in [5.41, 5.74) is 3.44. The zero-order valence-electron chi connectivity index (χ0n) is 12.3. The Bertz CT molecular complexity index is 497. The summed E-state index contributed by atoms with van der Waals surface area (Å²) in [7, 11) is 4.02. The van der Waals surface area contributed by atoms with Crippen LogP contribution in [0.25, 0.3) is 0 Å². The second-order valence-corrected chi connectivity index (χ2v) is 5.21. The summed E-state index contributed by atoms with van der Waals surface area (Å²) in [5.74, 6) is 0. The van der Waals surface area contributed by atoms with Crippen molar-refractivity contribution in [2.45, 2.75) is 19.5 Å². The van der Waals surface area contributed by atoms with Gasteiger partial charge in [0.2, 0.25) is 0 Å². The normalized spacial score (nSPS) is 10.9. The summed E-state index contributed by atoms with van der Waals surface area (Å²) in [6, 6.07) is 14.8. The molecule has 112 valence electrons. The lowest BCUT2D eigenvalue weighted by Crippen LogP contribution is -2.13. The second-order valence-electron chi connectivity index (χ2n) is 5.21. The van der Waals surface area contributed by atoms with Crippen molar-refractivity contribution < 1.29 is 8.78 Å². The van der Waals surface area contributed by atoms with Gasteiger partial charge in [0, 0.05) is 38.4 Å². The minimum Gasteiger partial charge on any atom is -0.378 e. The summed E-state index contributed by atoms with van der Waals surface area (Å²) in [6.07, 6.45) is -2.40. The molecule has 2 aromatic carbocycles. The number of nitrogens with one attached hydrogen (secondary N) is 1. The largest absolute Gasteiger partial charge is 0.378 e. The molecular formula is C17H20F2N2. The predicted octanol–water partition coefficient (Wildman–Crippen LogP) is 3.98. The van der Waals surface area contributed by atoms with Crippen LogP contribution in [0.4, 0.5) is 14.5 Å². The summed E-state index contributed by atoms with van der Waals surface area (Å²) >= 11 is 0. The Balaban J connectivity index is 1.83. The molecule has 0 fully saturated rings. The van der Waals surface area contributed by atoms with Gasteiger partial charge in [-0.1, -0.05) is 36.4 Å². The zero-order chi connectivity index (χ0) is 15.2. The maximum Gasteiger partial charge on any atom is 0.263 e. The van der Waals surface area contributed by atoms with Crippen molar-refractivity contribution in [2.75, 3.05) is 19.0 Å². The van der Waals surface area contributed by atoms with E-state index in [1.165, 1.54) is 23.4 Å². The molecule has 0 aliphatic rings. The maximum absolute atomic E-state index is 12.4. The molecule has 0 saturated carbocycles. The summed E-state index contributed by atoms with van der Waals surface area (Å²) in [6.45, 7) is 1.42. The van der Waals surface area contributed by atoms with Gasteiger partial charge in [0.1, 0.15) is 0 Å². The molecule has 2 rings (SSSR count). The zero-order valence-corrected chi connectivity index (χ0v) is 12.3. The van der Waals surface area contributed by atoms with Crippen molar-refractivity contribution in [3.63, 3.8) is 0 Å². The molecule has 0 bridgehead atoms. The molecular weight excluding hydrogens is 270 g/mol. The van der Waals surface area contributed by atoms with E-state index in [0.29, 0.717) is 6.54 Å². The number of rotatable bonds is 6. The maximum atomic E-state index is 12.4. The van der Waals surface area contributed by atoms with E-state index in [2.05, 4.69) is 34.5 Å². The van der Waals surface area contributed by atoms with Crippen LogP contribution in [0.2, 0.25) is 0 Å². The molecule has 0 saturated heterocycles. The van der Waals surface area contributed by atoms with E-state index in [1.807, 2.05) is 14.1 Å². The van der Waals surface area contributed by atoms with Crippen molar-refractivity contribution in [1.29, 1.82) is 0 Å². The standard InChI is InChI=1S/C17H20F2N2/c1-21(2)16-9-5-14(6-10-16)12-20-11-13-3-7-15(8-4-13)17(18)19/h3-10,17,20H,11-12H2,1-2H3. The Morgan fingerprint density at radius 3 is 1.76 bits per heavy atom. The number of nitrogens with zero attached hydrogens (tertiary/aromatic N) is 1. The molecule has 0 aliphatic carbocycles. The van der Waals surface area contributed by atoms with Gasteiger partial charge in [0.05, 0.1) is 0 Å². The highest BCUT2D eigenvalue weighted by Crippen LogP contribution is 2.18. The third-order valence-corrected chi connectivity index (χ3v) is 3.34. The van der Waals surface area contributed by atoms with Gasteiger partial charge in [0.15, 0.2) is 0 Å². The third kappa shape index (κ3) is 4.53. The van der Waals surface area contributed by atoms with E-state index < -0.39 is 6.43 Å². The van der Waals surface area contributed by atoms with Crippen LogP contribution in [0.15, 0.2) is 48.5 Å². The first kappa shape index (κ1) is 15.4. The number of hydrogen-bond donors (Lipinski definition) is 1. The fraction of sp³-hybridized carbons (Fsp3) is 0.294. The molecule has 0 atom stereocenters.